The lowest BCUT2D eigenvalue weighted by Gasteiger charge is -2.24. The smallest absolute Gasteiger partial charge is 0.221 e. The second kappa shape index (κ2) is 8.93. The fourth-order valence-corrected chi connectivity index (χ4v) is 3.15. The van der Waals surface area contributed by atoms with E-state index < -0.39 is 0 Å². The molecule has 0 aliphatic carbocycles. The zero-order chi connectivity index (χ0) is 15.8. The summed E-state index contributed by atoms with van der Waals surface area (Å²) < 4.78 is 0. The van der Waals surface area contributed by atoms with E-state index in [1.807, 2.05) is 13.8 Å². The zero-order valence-corrected chi connectivity index (χ0v) is 14.1. The second-order valence-electron chi connectivity index (χ2n) is 6.37. The van der Waals surface area contributed by atoms with Crippen molar-refractivity contribution in [3.05, 3.63) is 17.0 Å². The van der Waals surface area contributed by atoms with Gasteiger partial charge in [0, 0.05) is 25.2 Å². The van der Waals surface area contributed by atoms with E-state index in [1.165, 1.54) is 37.7 Å². The monoisotopic (exact) mass is 306 g/mol. The molecule has 1 saturated heterocycles. The number of aryl methyl sites for hydroxylation is 2. The Hall–Kier alpha value is -1.36. The molecule has 1 aromatic rings. The summed E-state index contributed by atoms with van der Waals surface area (Å²) in [5.74, 6) is 0.167. The third-order valence-electron chi connectivity index (χ3n) is 4.58. The fraction of sp³-hybridized carbons (Fsp3) is 0.765. The number of carbonyl (C=O) groups is 1. The van der Waals surface area contributed by atoms with Crippen molar-refractivity contribution in [3.8, 4) is 0 Å². The number of rotatable bonds is 6. The number of aromatic amines is 1. The van der Waals surface area contributed by atoms with Crippen molar-refractivity contribution in [1.29, 1.82) is 0 Å². The van der Waals surface area contributed by atoms with Gasteiger partial charge in [0.2, 0.25) is 5.91 Å². The lowest BCUT2D eigenvalue weighted by atomic mass is 10.1. The Balaban J connectivity index is 1.63. The number of amides is 1. The third kappa shape index (κ3) is 5.44. The summed E-state index contributed by atoms with van der Waals surface area (Å²) in [6, 6.07) is 0. The predicted molar refractivity (Wildman–Crippen MR) is 88.9 cm³/mol. The van der Waals surface area contributed by atoms with Crippen molar-refractivity contribution >= 4 is 5.91 Å². The molecule has 22 heavy (non-hydrogen) atoms. The summed E-state index contributed by atoms with van der Waals surface area (Å²) in [7, 11) is 0. The number of carbonyl (C=O) groups excluding carboxylic acids is 1. The van der Waals surface area contributed by atoms with Gasteiger partial charge in [-0.05, 0) is 51.8 Å². The maximum Gasteiger partial charge on any atom is 0.221 e. The molecule has 0 radical (unpaired) electrons. The molecular formula is C17H30N4O. The summed E-state index contributed by atoms with van der Waals surface area (Å²) in [4.78, 5) is 14.4. The molecule has 1 aromatic heterocycles. The molecule has 5 heteroatoms. The van der Waals surface area contributed by atoms with Crippen molar-refractivity contribution in [2.24, 2.45) is 0 Å². The van der Waals surface area contributed by atoms with Crippen LogP contribution in [-0.2, 0) is 11.2 Å². The number of aromatic nitrogens is 2. The Bertz CT molecular complexity index is 442. The number of nitrogens with zero attached hydrogens (tertiary/aromatic N) is 2. The van der Waals surface area contributed by atoms with Gasteiger partial charge in [0.05, 0.1) is 5.69 Å². The summed E-state index contributed by atoms with van der Waals surface area (Å²) in [6.45, 7) is 7.93. The first-order valence-corrected chi connectivity index (χ1v) is 8.66. The van der Waals surface area contributed by atoms with Crippen LogP contribution >= 0.6 is 0 Å². The molecule has 1 fully saturated rings. The summed E-state index contributed by atoms with van der Waals surface area (Å²) >= 11 is 0. The molecule has 2 N–H and O–H groups in total. The summed E-state index contributed by atoms with van der Waals surface area (Å²) in [5, 5.41) is 10.2. The fourth-order valence-electron chi connectivity index (χ4n) is 3.15. The van der Waals surface area contributed by atoms with Gasteiger partial charge in [0.15, 0.2) is 0 Å². The molecule has 0 saturated carbocycles. The number of H-pyrrole nitrogens is 1. The van der Waals surface area contributed by atoms with E-state index in [0.717, 1.165) is 37.4 Å². The van der Waals surface area contributed by atoms with Crippen LogP contribution in [0.15, 0.2) is 0 Å². The normalized spacial score (nSPS) is 17.0. The molecule has 5 nitrogen and oxygen atoms in total. The van der Waals surface area contributed by atoms with Crippen molar-refractivity contribution in [2.75, 3.05) is 26.2 Å². The lowest BCUT2D eigenvalue weighted by molar-refractivity contribution is -0.121. The lowest BCUT2D eigenvalue weighted by Crippen LogP contribution is -2.33. The van der Waals surface area contributed by atoms with Crippen LogP contribution < -0.4 is 5.32 Å². The molecule has 1 aliphatic rings. The number of hydrogen-bond acceptors (Lipinski definition) is 3. The van der Waals surface area contributed by atoms with Gasteiger partial charge in [0.25, 0.3) is 0 Å². The van der Waals surface area contributed by atoms with Gasteiger partial charge in [-0.1, -0.05) is 19.3 Å². The average Bonchev–Trinajstić information content (AvgIpc) is 2.78. The van der Waals surface area contributed by atoms with Crippen LogP contribution in [-0.4, -0.2) is 47.2 Å². The Morgan fingerprint density at radius 3 is 2.50 bits per heavy atom. The SMILES string of the molecule is Cc1n[nH]c(C)c1CCNC(=O)CCN1CCCCCCC1. The van der Waals surface area contributed by atoms with E-state index in [4.69, 9.17) is 0 Å². The Morgan fingerprint density at radius 1 is 1.18 bits per heavy atom. The van der Waals surface area contributed by atoms with Gasteiger partial charge in [-0.25, -0.2) is 0 Å². The minimum absolute atomic E-state index is 0.167. The molecule has 0 spiro atoms. The first-order chi connectivity index (χ1) is 10.7. The van der Waals surface area contributed by atoms with Gasteiger partial charge >= 0.3 is 0 Å². The minimum atomic E-state index is 0.167. The predicted octanol–water partition coefficient (Wildman–Crippen LogP) is 2.34. The molecule has 124 valence electrons. The minimum Gasteiger partial charge on any atom is -0.356 e. The largest absolute Gasteiger partial charge is 0.356 e. The van der Waals surface area contributed by atoms with Crippen LogP contribution in [0.3, 0.4) is 0 Å². The van der Waals surface area contributed by atoms with E-state index >= 15 is 0 Å². The second-order valence-corrected chi connectivity index (χ2v) is 6.37. The quantitative estimate of drug-likeness (QED) is 0.848. The van der Waals surface area contributed by atoms with Crippen molar-refractivity contribution in [2.45, 2.75) is 58.8 Å². The highest BCUT2D eigenvalue weighted by atomic mass is 16.1. The molecule has 0 atom stereocenters. The van der Waals surface area contributed by atoms with Crippen molar-refractivity contribution in [1.82, 2.24) is 20.4 Å². The molecule has 2 heterocycles. The molecule has 1 aliphatic heterocycles. The number of nitrogens with one attached hydrogen (secondary N) is 2. The Morgan fingerprint density at radius 2 is 1.86 bits per heavy atom. The van der Waals surface area contributed by atoms with E-state index in [1.54, 1.807) is 0 Å². The zero-order valence-electron chi connectivity index (χ0n) is 14.1. The number of likely N-dealkylation sites (tertiary alicyclic amines) is 1. The first kappa shape index (κ1) is 17.0. The van der Waals surface area contributed by atoms with Gasteiger partial charge in [-0.3, -0.25) is 9.89 Å². The van der Waals surface area contributed by atoms with Crippen LogP contribution in [0.4, 0.5) is 0 Å². The van der Waals surface area contributed by atoms with Crippen molar-refractivity contribution < 1.29 is 4.79 Å². The maximum absolute atomic E-state index is 12.0. The van der Waals surface area contributed by atoms with Crippen LogP contribution in [0.25, 0.3) is 0 Å². The van der Waals surface area contributed by atoms with Gasteiger partial charge in [-0.2, -0.15) is 5.10 Å². The Labute approximate surface area is 133 Å². The molecule has 0 bridgehead atoms. The standard InChI is InChI=1S/C17H30N4O/c1-14-16(15(2)20-19-14)8-10-18-17(22)9-13-21-11-6-4-3-5-7-12-21/h3-13H2,1-2H3,(H,18,22)(H,19,20). The van der Waals surface area contributed by atoms with E-state index in [2.05, 4.69) is 20.4 Å². The highest BCUT2D eigenvalue weighted by Crippen LogP contribution is 2.11. The van der Waals surface area contributed by atoms with E-state index in [0.29, 0.717) is 13.0 Å². The average molecular weight is 306 g/mol. The highest BCUT2D eigenvalue weighted by Gasteiger charge is 2.11. The summed E-state index contributed by atoms with van der Waals surface area (Å²) in [6.07, 6.45) is 8.08. The molecule has 1 amide bonds. The van der Waals surface area contributed by atoms with Gasteiger partial charge < -0.3 is 10.2 Å². The molecular weight excluding hydrogens is 276 g/mol. The van der Waals surface area contributed by atoms with Gasteiger partial charge in [-0.15, -0.1) is 0 Å². The maximum atomic E-state index is 12.0. The van der Waals surface area contributed by atoms with Crippen LogP contribution in [0.5, 0.6) is 0 Å². The number of hydrogen-bond donors (Lipinski definition) is 2. The Kier molecular flexibility index (Phi) is 6.90. The van der Waals surface area contributed by atoms with E-state index in [9.17, 15) is 4.79 Å². The highest BCUT2D eigenvalue weighted by molar-refractivity contribution is 5.76. The van der Waals surface area contributed by atoms with Gasteiger partial charge in [0.1, 0.15) is 0 Å². The molecule has 0 aromatic carbocycles. The van der Waals surface area contributed by atoms with E-state index in [-0.39, 0.29) is 5.91 Å². The topological polar surface area (TPSA) is 61.0 Å². The molecule has 0 unspecified atom stereocenters. The van der Waals surface area contributed by atoms with Crippen molar-refractivity contribution in [3.63, 3.8) is 0 Å². The molecule has 2 rings (SSSR count). The van der Waals surface area contributed by atoms with Crippen LogP contribution in [0.1, 0.15) is 55.5 Å². The third-order valence-corrected chi connectivity index (χ3v) is 4.58. The summed E-state index contributed by atoms with van der Waals surface area (Å²) in [5.41, 5.74) is 3.36. The first-order valence-electron chi connectivity index (χ1n) is 8.66. The van der Waals surface area contributed by atoms with Crippen LogP contribution in [0.2, 0.25) is 0 Å². The van der Waals surface area contributed by atoms with Crippen LogP contribution in [0, 0.1) is 13.8 Å².